The van der Waals surface area contributed by atoms with Gasteiger partial charge in [-0.05, 0) is 71.9 Å². The molecule has 4 rings (SSSR count). The van der Waals surface area contributed by atoms with Crippen molar-refractivity contribution in [1.82, 2.24) is 9.69 Å². The predicted molar refractivity (Wildman–Crippen MR) is 165 cm³/mol. The fraction of sp³-hybridized carbons (Fsp3) is 0.226. The van der Waals surface area contributed by atoms with Crippen LogP contribution in [0.4, 0.5) is 11.4 Å². The Balaban J connectivity index is 1.95. The summed E-state index contributed by atoms with van der Waals surface area (Å²) in [6, 6.07) is 16.7. The number of primary amides is 1. The van der Waals surface area contributed by atoms with Crippen LogP contribution in [0.2, 0.25) is 0 Å². The molecule has 12 heteroatoms. The molecule has 0 saturated heterocycles. The van der Waals surface area contributed by atoms with Gasteiger partial charge in [-0.25, -0.2) is 0 Å². The Hall–Kier alpha value is -5.10. The monoisotopic (exact) mass is 603 g/mol. The van der Waals surface area contributed by atoms with Crippen LogP contribution < -0.4 is 35.9 Å². The molecule has 1 unspecified atom stereocenters. The van der Waals surface area contributed by atoms with Crippen molar-refractivity contribution in [3.63, 3.8) is 0 Å². The van der Waals surface area contributed by atoms with Crippen LogP contribution in [0, 0.1) is 13.8 Å². The van der Waals surface area contributed by atoms with Crippen LogP contribution in [0.15, 0.2) is 60.7 Å². The van der Waals surface area contributed by atoms with Crippen LogP contribution in [0.5, 0.6) is 17.2 Å². The van der Waals surface area contributed by atoms with Crippen molar-refractivity contribution in [2.75, 3.05) is 32.0 Å². The van der Waals surface area contributed by atoms with Gasteiger partial charge in [0.25, 0.3) is 11.8 Å². The number of aryl methyl sites for hydroxylation is 2. The van der Waals surface area contributed by atoms with Gasteiger partial charge >= 0.3 is 0 Å². The highest BCUT2D eigenvalue weighted by molar-refractivity contribution is 7.09. The molecule has 11 nitrogen and oxygen atoms in total. The normalized spacial score (nSPS) is 11.4. The fourth-order valence-electron chi connectivity index (χ4n) is 4.56. The van der Waals surface area contributed by atoms with E-state index in [1.165, 1.54) is 26.2 Å². The molecule has 43 heavy (non-hydrogen) atoms. The van der Waals surface area contributed by atoms with E-state index in [2.05, 4.69) is 9.69 Å². The number of nitrogens with two attached hydrogens (primary N) is 2. The van der Waals surface area contributed by atoms with E-state index >= 15 is 0 Å². The molecule has 0 aliphatic heterocycles. The Kier molecular flexibility index (Phi) is 9.51. The van der Waals surface area contributed by atoms with Crippen molar-refractivity contribution < 1.29 is 28.6 Å². The molecule has 0 spiro atoms. The molecule has 0 bridgehead atoms. The number of hydrogen-bond acceptors (Lipinski definition) is 9. The number of methoxy groups -OCH3 is 3. The number of carbonyl (C=O) groups excluding carboxylic acids is 3. The Morgan fingerprint density at radius 3 is 2.12 bits per heavy atom. The van der Waals surface area contributed by atoms with Crippen LogP contribution in [0.3, 0.4) is 0 Å². The highest BCUT2D eigenvalue weighted by atomic mass is 32.1. The summed E-state index contributed by atoms with van der Waals surface area (Å²) in [5.74, 6) is -1.12. The zero-order valence-corrected chi connectivity index (χ0v) is 25.3. The second kappa shape index (κ2) is 13.3. The number of carbonyl (C=O) groups is 3. The summed E-state index contributed by atoms with van der Waals surface area (Å²) >= 11 is 0.731. The molecule has 0 aliphatic rings. The average Bonchev–Trinajstić information content (AvgIpc) is 3.40. The molecule has 4 aromatic rings. The van der Waals surface area contributed by atoms with Gasteiger partial charge in [0.05, 0.1) is 27.0 Å². The lowest BCUT2D eigenvalue weighted by Gasteiger charge is -2.32. The lowest BCUT2D eigenvalue weighted by atomic mass is 10.00. The Morgan fingerprint density at radius 2 is 1.58 bits per heavy atom. The first kappa shape index (κ1) is 30.8. The van der Waals surface area contributed by atoms with Crippen LogP contribution in [0.1, 0.15) is 48.5 Å². The van der Waals surface area contributed by atoms with Crippen molar-refractivity contribution >= 4 is 40.6 Å². The third-order valence-corrected chi connectivity index (χ3v) is 7.81. The highest BCUT2D eigenvalue weighted by Gasteiger charge is 2.37. The summed E-state index contributed by atoms with van der Waals surface area (Å²) < 4.78 is 20.7. The van der Waals surface area contributed by atoms with E-state index in [1.807, 2.05) is 50.2 Å². The third kappa shape index (κ3) is 6.38. The molecular formula is C31H33N5O6S. The van der Waals surface area contributed by atoms with Crippen LogP contribution in [0.25, 0.3) is 0 Å². The minimum Gasteiger partial charge on any atom is -0.493 e. The molecule has 3 aromatic carbocycles. The molecule has 0 radical (unpaired) electrons. The fourth-order valence-corrected chi connectivity index (χ4v) is 5.30. The summed E-state index contributed by atoms with van der Waals surface area (Å²) in [7, 11) is 4.39. The van der Waals surface area contributed by atoms with Crippen LogP contribution in [-0.4, -0.2) is 43.4 Å². The number of rotatable bonds is 11. The molecular weight excluding hydrogens is 570 g/mol. The predicted octanol–water partition coefficient (Wildman–Crippen LogP) is 4.17. The zero-order valence-electron chi connectivity index (χ0n) is 24.5. The van der Waals surface area contributed by atoms with Crippen LogP contribution >= 0.6 is 11.5 Å². The molecule has 1 heterocycles. The first-order valence-electron chi connectivity index (χ1n) is 13.2. The highest BCUT2D eigenvalue weighted by Crippen LogP contribution is 2.42. The lowest BCUT2D eigenvalue weighted by Crippen LogP contribution is -2.44. The minimum atomic E-state index is -1.26. The number of benzene rings is 3. The summed E-state index contributed by atoms with van der Waals surface area (Å²) in [4.78, 5) is 41.9. The molecule has 1 aromatic heterocycles. The maximum Gasteiger partial charge on any atom is 0.273 e. The molecule has 0 aliphatic carbocycles. The first-order valence-corrected chi connectivity index (χ1v) is 14.0. The van der Waals surface area contributed by atoms with Crippen molar-refractivity contribution in [2.24, 2.45) is 5.73 Å². The zero-order chi connectivity index (χ0) is 31.3. The lowest BCUT2D eigenvalue weighted by molar-refractivity contribution is -0.122. The second-order valence-electron chi connectivity index (χ2n) is 9.65. The van der Waals surface area contributed by atoms with E-state index in [0.29, 0.717) is 28.5 Å². The molecule has 1 atom stereocenters. The summed E-state index contributed by atoms with van der Waals surface area (Å²) in [6.07, 6.45) is 0. The van der Waals surface area contributed by atoms with Gasteiger partial charge in [0.2, 0.25) is 11.7 Å². The van der Waals surface area contributed by atoms with Gasteiger partial charge in [-0.1, -0.05) is 36.4 Å². The average molecular weight is 604 g/mol. The topological polar surface area (TPSA) is 159 Å². The van der Waals surface area contributed by atoms with E-state index in [1.54, 1.807) is 24.3 Å². The number of amides is 3. The van der Waals surface area contributed by atoms with Crippen molar-refractivity contribution in [1.29, 1.82) is 0 Å². The van der Waals surface area contributed by atoms with E-state index in [9.17, 15) is 14.4 Å². The van der Waals surface area contributed by atoms with E-state index in [4.69, 9.17) is 25.7 Å². The van der Waals surface area contributed by atoms with Gasteiger partial charge < -0.3 is 31.0 Å². The molecule has 5 N–H and O–H groups in total. The van der Waals surface area contributed by atoms with Gasteiger partial charge in [0.15, 0.2) is 17.2 Å². The maximum atomic E-state index is 14.4. The molecule has 0 saturated carbocycles. The maximum absolute atomic E-state index is 14.4. The van der Waals surface area contributed by atoms with Gasteiger partial charge in [-0.15, -0.1) is 0 Å². The molecule has 0 fully saturated rings. The van der Waals surface area contributed by atoms with Gasteiger partial charge in [-0.3, -0.25) is 19.3 Å². The van der Waals surface area contributed by atoms with Crippen molar-refractivity contribution in [2.45, 2.75) is 26.4 Å². The van der Waals surface area contributed by atoms with E-state index in [-0.39, 0.29) is 22.8 Å². The third-order valence-electron chi connectivity index (χ3n) is 6.96. The van der Waals surface area contributed by atoms with E-state index < -0.39 is 23.8 Å². The van der Waals surface area contributed by atoms with Crippen LogP contribution in [-0.2, 0) is 11.3 Å². The number of aromatic nitrogens is 1. The number of nitrogens with one attached hydrogen (secondary N) is 1. The van der Waals surface area contributed by atoms with Gasteiger partial charge in [0, 0.05) is 12.2 Å². The van der Waals surface area contributed by atoms with Crippen molar-refractivity contribution in [3.05, 3.63) is 93.5 Å². The Labute approximate surface area is 253 Å². The number of hydrogen-bond donors (Lipinski definition) is 3. The number of nitrogen functional groups attached to an aromatic ring is 1. The summed E-state index contributed by atoms with van der Waals surface area (Å²) in [6.45, 7) is 4.04. The Morgan fingerprint density at radius 1 is 0.930 bits per heavy atom. The SMILES string of the molecule is COc1cc(C(C(=O)NCc2ccccc2)N(C(=O)c2snc(C(N)=O)c2N)c2ccc(C)c(C)c2)cc(OC)c1OC. The largest absolute Gasteiger partial charge is 0.493 e. The number of nitrogens with zero attached hydrogens (tertiary/aromatic N) is 2. The quantitative estimate of drug-likeness (QED) is 0.230. The molecule has 3 amide bonds. The second-order valence-corrected chi connectivity index (χ2v) is 10.4. The van der Waals surface area contributed by atoms with E-state index in [0.717, 1.165) is 28.2 Å². The summed E-state index contributed by atoms with van der Waals surface area (Å²) in [5, 5.41) is 2.96. The Bertz CT molecular complexity index is 1630. The number of ether oxygens (including phenoxy) is 3. The standard InChI is InChI=1S/C31H33N5O6S/c1-17-11-12-21(13-18(17)2)36(31(39)28-24(32)25(29(33)37)35-43-28)26(30(38)34-16-19-9-7-6-8-10-19)20-14-22(40-3)27(42-5)23(15-20)41-4/h6-15,26H,16,32H2,1-5H3,(H2,33,37)(H,34,38). The molecule has 224 valence electrons. The first-order chi connectivity index (χ1) is 20.6. The smallest absolute Gasteiger partial charge is 0.273 e. The number of anilines is 2. The van der Waals surface area contributed by atoms with Gasteiger partial charge in [-0.2, -0.15) is 4.37 Å². The minimum absolute atomic E-state index is 0.0414. The van der Waals surface area contributed by atoms with Crippen molar-refractivity contribution in [3.8, 4) is 17.2 Å². The van der Waals surface area contributed by atoms with Gasteiger partial charge in [0.1, 0.15) is 10.9 Å². The summed E-state index contributed by atoms with van der Waals surface area (Å²) in [5.41, 5.74) is 14.8.